The topological polar surface area (TPSA) is 62.8 Å². The van der Waals surface area contributed by atoms with Crippen LogP contribution in [0.1, 0.15) is 19.4 Å². The van der Waals surface area contributed by atoms with Crippen molar-refractivity contribution in [2.45, 2.75) is 13.8 Å². The average molecular weight is 167 g/mol. The molecule has 0 saturated heterocycles. The molecule has 0 saturated carbocycles. The predicted molar refractivity (Wildman–Crippen MR) is 43.3 cm³/mol. The van der Waals surface area contributed by atoms with E-state index in [9.17, 15) is 4.79 Å². The molecular weight excluding hydrogens is 158 g/mol. The van der Waals surface area contributed by atoms with Crippen LogP contribution in [0.2, 0.25) is 0 Å². The van der Waals surface area contributed by atoms with Gasteiger partial charge in [-0.3, -0.25) is 4.79 Å². The lowest BCUT2D eigenvalue weighted by Crippen LogP contribution is -1.96. The lowest BCUT2D eigenvalue weighted by atomic mass is 10.2. The minimum absolute atomic E-state index is 0.211. The van der Waals surface area contributed by atoms with Gasteiger partial charge in [-0.25, -0.2) is 4.99 Å². The van der Waals surface area contributed by atoms with Crippen LogP contribution in [0.15, 0.2) is 21.7 Å². The summed E-state index contributed by atoms with van der Waals surface area (Å²) < 4.78 is 4.63. The highest BCUT2D eigenvalue weighted by molar-refractivity contribution is 6.05. The van der Waals surface area contributed by atoms with Gasteiger partial charge >= 0.3 is 0 Å². The fourth-order valence-corrected chi connectivity index (χ4v) is 0.873. The van der Waals surface area contributed by atoms with Gasteiger partial charge in [0, 0.05) is 6.92 Å². The van der Waals surface area contributed by atoms with Crippen LogP contribution in [0.3, 0.4) is 0 Å². The quantitative estimate of drug-likeness (QED) is 0.642. The molecule has 1 rings (SSSR count). The van der Waals surface area contributed by atoms with Crippen molar-refractivity contribution in [3.63, 3.8) is 0 Å². The smallest absolute Gasteiger partial charge is 0.291 e. The second-order valence-electron chi connectivity index (χ2n) is 2.36. The highest BCUT2D eigenvalue weighted by Crippen LogP contribution is 2.18. The molecule has 1 heterocycles. The number of furan rings is 1. The van der Waals surface area contributed by atoms with E-state index >= 15 is 0 Å². The summed E-state index contributed by atoms with van der Waals surface area (Å²) in [5.74, 6) is -0.509. The molecule has 1 N–H and O–H groups in total. The first kappa shape index (κ1) is 8.52. The first-order chi connectivity index (χ1) is 5.61. The number of carbonyl (C=O) groups excluding carboxylic acids is 1. The van der Waals surface area contributed by atoms with Gasteiger partial charge in [-0.2, -0.15) is 0 Å². The zero-order valence-corrected chi connectivity index (χ0v) is 6.87. The molecule has 1 amide bonds. The molecule has 0 spiro atoms. The number of nitrogens with zero attached hydrogens (tertiary/aromatic N) is 1. The van der Waals surface area contributed by atoms with E-state index in [-0.39, 0.29) is 11.9 Å². The van der Waals surface area contributed by atoms with Crippen molar-refractivity contribution in [2.75, 3.05) is 0 Å². The molecule has 0 aliphatic heterocycles. The molecule has 0 fully saturated rings. The number of hydrogen-bond donors (Lipinski definition) is 1. The van der Waals surface area contributed by atoms with E-state index in [1.807, 2.05) is 0 Å². The molecule has 0 atom stereocenters. The van der Waals surface area contributed by atoms with E-state index in [4.69, 9.17) is 5.11 Å². The molecule has 0 bridgehead atoms. The Labute approximate surface area is 69.5 Å². The third-order valence-electron chi connectivity index (χ3n) is 1.36. The monoisotopic (exact) mass is 167 g/mol. The van der Waals surface area contributed by atoms with Crippen molar-refractivity contribution in [1.82, 2.24) is 0 Å². The minimum Gasteiger partial charge on any atom is -0.480 e. The Morgan fingerprint density at radius 1 is 1.58 bits per heavy atom. The van der Waals surface area contributed by atoms with Crippen LogP contribution in [0, 0.1) is 0 Å². The van der Waals surface area contributed by atoms with Crippen LogP contribution in [0.4, 0.5) is 0 Å². The third kappa shape index (κ3) is 1.72. The summed E-state index contributed by atoms with van der Waals surface area (Å²) in [6, 6.07) is 1.55. The van der Waals surface area contributed by atoms with Crippen LogP contribution in [0.5, 0.6) is 5.95 Å². The summed E-state index contributed by atoms with van der Waals surface area (Å²) in [7, 11) is 0. The van der Waals surface area contributed by atoms with Gasteiger partial charge in [-0.05, 0) is 13.0 Å². The first-order valence-corrected chi connectivity index (χ1v) is 3.44. The van der Waals surface area contributed by atoms with Crippen molar-refractivity contribution >= 4 is 11.6 Å². The second kappa shape index (κ2) is 3.21. The van der Waals surface area contributed by atoms with Gasteiger partial charge < -0.3 is 9.52 Å². The number of carbonyl (C=O) groups is 1. The van der Waals surface area contributed by atoms with Crippen LogP contribution >= 0.6 is 0 Å². The fraction of sp³-hybridized carbons (Fsp3) is 0.250. The molecule has 1 aromatic rings. The lowest BCUT2D eigenvalue weighted by molar-refractivity contribution is -0.115. The maximum absolute atomic E-state index is 10.6. The molecule has 0 unspecified atom stereocenters. The largest absolute Gasteiger partial charge is 0.480 e. The van der Waals surface area contributed by atoms with Gasteiger partial charge in [-0.1, -0.05) is 0 Å². The molecule has 0 aromatic carbocycles. The third-order valence-corrected chi connectivity index (χ3v) is 1.36. The van der Waals surface area contributed by atoms with E-state index in [0.29, 0.717) is 11.3 Å². The SMILES string of the molecule is CC(=O)N=C(C)c1ccoc1O. The van der Waals surface area contributed by atoms with Crippen molar-refractivity contribution < 1.29 is 14.3 Å². The highest BCUT2D eigenvalue weighted by atomic mass is 16.5. The van der Waals surface area contributed by atoms with Crippen molar-refractivity contribution in [3.8, 4) is 5.95 Å². The summed E-state index contributed by atoms with van der Waals surface area (Å²) >= 11 is 0. The average Bonchev–Trinajstić information content (AvgIpc) is 2.33. The van der Waals surface area contributed by atoms with Crippen LogP contribution < -0.4 is 0 Å². The Hall–Kier alpha value is -1.58. The Morgan fingerprint density at radius 3 is 2.67 bits per heavy atom. The Kier molecular flexibility index (Phi) is 2.28. The fourth-order valence-electron chi connectivity index (χ4n) is 0.873. The summed E-state index contributed by atoms with van der Waals surface area (Å²) in [5, 5.41) is 9.08. The standard InChI is InChI=1S/C8H9NO3/c1-5(9-6(2)10)7-3-4-12-8(7)11/h3-4,11H,1-2H3. The Balaban J connectivity index is 2.99. The van der Waals surface area contributed by atoms with E-state index in [0.717, 1.165) is 0 Å². The van der Waals surface area contributed by atoms with E-state index in [1.54, 1.807) is 13.0 Å². The molecule has 4 nitrogen and oxygen atoms in total. The number of aliphatic imine (C=N–C) groups is 1. The van der Waals surface area contributed by atoms with Gasteiger partial charge in [0.2, 0.25) is 5.91 Å². The number of aromatic hydroxyl groups is 1. The van der Waals surface area contributed by atoms with Gasteiger partial charge in [0.05, 0.1) is 17.5 Å². The Morgan fingerprint density at radius 2 is 2.25 bits per heavy atom. The maximum atomic E-state index is 10.6. The molecule has 64 valence electrons. The molecule has 12 heavy (non-hydrogen) atoms. The molecule has 1 aromatic heterocycles. The predicted octanol–water partition coefficient (Wildman–Crippen LogP) is 1.34. The van der Waals surface area contributed by atoms with Crippen molar-refractivity contribution in [3.05, 3.63) is 17.9 Å². The number of rotatable bonds is 1. The Bertz CT molecular complexity index is 325. The zero-order valence-electron chi connectivity index (χ0n) is 6.87. The molecule has 4 heteroatoms. The van der Waals surface area contributed by atoms with Gasteiger partial charge in [-0.15, -0.1) is 0 Å². The van der Waals surface area contributed by atoms with Gasteiger partial charge in [0.25, 0.3) is 5.95 Å². The molecule has 0 aliphatic carbocycles. The molecule has 0 aliphatic rings. The first-order valence-electron chi connectivity index (χ1n) is 3.44. The second-order valence-corrected chi connectivity index (χ2v) is 2.36. The van der Waals surface area contributed by atoms with Crippen molar-refractivity contribution in [2.24, 2.45) is 4.99 Å². The normalized spacial score (nSPS) is 11.7. The number of amides is 1. The number of hydrogen-bond acceptors (Lipinski definition) is 3. The summed E-state index contributed by atoms with van der Waals surface area (Å²) in [6.45, 7) is 2.98. The summed E-state index contributed by atoms with van der Waals surface area (Å²) in [5.41, 5.74) is 0.902. The molecular formula is C8H9NO3. The van der Waals surface area contributed by atoms with Crippen LogP contribution in [-0.2, 0) is 4.79 Å². The van der Waals surface area contributed by atoms with Crippen LogP contribution in [0.25, 0.3) is 0 Å². The highest BCUT2D eigenvalue weighted by Gasteiger charge is 2.07. The zero-order chi connectivity index (χ0) is 9.14. The van der Waals surface area contributed by atoms with E-state index in [1.165, 1.54) is 13.2 Å². The van der Waals surface area contributed by atoms with Gasteiger partial charge in [0.1, 0.15) is 0 Å². The van der Waals surface area contributed by atoms with E-state index < -0.39 is 0 Å². The van der Waals surface area contributed by atoms with E-state index in [2.05, 4.69) is 9.41 Å². The summed E-state index contributed by atoms with van der Waals surface area (Å²) in [4.78, 5) is 14.2. The maximum Gasteiger partial charge on any atom is 0.291 e. The summed E-state index contributed by atoms with van der Waals surface area (Å²) in [6.07, 6.45) is 1.34. The van der Waals surface area contributed by atoms with Crippen molar-refractivity contribution in [1.29, 1.82) is 0 Å². The van der Waals surface area contributed by atoms with Gasteiger partial charge in [0.15, 0.2) is 0 Å². The minimum atomic E-state index is -0.298. The molecule has 0 radical (unpaired) electrons. The lowest BCUT2D eigenvalue weighted by Gasteiger charge is -1.93. The van der Waals surface area contributed by atoms with Crippen LogP contribution in [-0.4, -0.2) is 16.7 Å².